The first-order valence-corrected chi connectivity index (χ1v) is 26.9. The summed E-state index contributed by atoms with van der Waals surface area (Å²) in [6.07, 6.45) is 21.8. The molecule has 3 N–H and O–H groups in total. The molecule has 372 valence electrons. The Bertz CT molecular complexity index is 1580. The molecule has 0 bridgehead atoms. The van der Waals surface area contributed by atoms with Gasteiger partial charge in [-0.1, -0.05) is 198 Å². The fourth-order valence-electron chi connectivity index (χ4n) is 7.89. The summed E-state index contributed by atoms with van der Waals surface area (Å²) in [5.74, 6) is -0.300. The summed E-state index contributed by atoms with van der Waals surface area (Å²) >= 11 is 0. The third kappa shape index (κ3) is 32.8. The van der Waals surface area contributed by atoms with Crippen molar-refractivity contribution >= 4 is 26.7 Å². The van der Waals surface area contributed by atoms with E-state index in [1.807, 2.05) is 42.5 Å². The summed E-state index contributed by atoms with van der Waals surface area (Å²) in [5, 5.41) is 23.6. The van der Waals surface area contributed by atoms with Crippen LogP contribution in [0, 0.1) is 0 Å². The Balaban J connectivity index is 0.0000211. The normalized spacial score (nSPS) is 19.8. The number of benzene rings is 1. The second kappa shape index (κ2) is 40.6. The quantitative estimate of drug-likeness (QED) is 0.0283. The maximum atomic E-state index is 13.6. The van der Waals surface area contributed by atoms with Crippen LogP contribution in [0.1, 0.15) is 186 Å². The largest absolute Gasteiger partial charge is 1.00 e. The molecule has 1 fully saturated rings. The number of rotatable bonds is 40. The Kier molecular flexibility index (Phi) is 40.5. The summed E-state index contributed by atoms with van der Waals surface area (Å²) in [6.45, 7) is 3.18. The monoisotopic (exact) mass is 993 g/mol. The van der Waals surface area contributed by atoms with Gasteiger partial charge in [-0.15, -0.1) is 0 Å². The van der Waals surface area contributed by atoms with E-state index in [1.165, 1.54) is 103 Å². The molecular weight excluding hydrogens is 913 g/mol. The van der Waals surface area contributed by atoms with Crippen LogP contribution in [-0.2, 0) is 54.8 Å². The van der Waals surface area contributed by atoms with Crippen LogP contribution in [0.25, 0.3) is 0 Å². The smallest absolute Gasteiger partial charge is 0.726 e. The van der Waals surface area contributed by atoms with Gasteiger partial charge in [-0.2, -0.15) is 0 Å². The van der Waals surface area contributed by atoms with Crippen molar-refractivity contribution in [3.8, 4) is 0 Å². The third-order valence-electron chi connectivity index (χ3n) is 11.5. The first-order valence-electron chi connectivity index (χ1n) is 24.2. The summed E-state index contributed by atoms with van der Waals surface area (Å²) in [6, 6.07) is 8.42. The van der Waals surface area contributed by atoms with E-state index in [1.54, 1.807) is 0 Å². The molecule has 1 aliphatic rings. The second-order valence-corrected chi connectivity index (χ2v) is 19.2. The summed E-state index contributed by atoms with van der Waals surface area (Å²) in [7, 11) is -11.2. The van der Waals surface area contributed by atoms with Crippen molar-refractivity contribution in [3.63, 3.8) is 0 Å². The van der Waals surface area contributed by atoms with Gasteiger partial charge >= 0.3 is 59.1 Å². The predicted octanol–water partition coefficient (Wildman–Crippen LogP) is 2.59. The van der Waals surface area contributed by atoms with E-state index in [0.717, 1.165) is 56.9 Å². The Morgan fingerprint density at radius 1 is 0.712 bits per heavy atom. The van der Waals surface area contributed by atoms with E-state index in [-0.39, 0.29) is 78.0 Å². The van der Waals surface area contributed by atoms with Gasteiger partial charge in [-0.25, -0.2) is 16.8 Å². The molecule has 0 aliphatic carbocycles. The summed E-state index contributed by atoms with van der Waals surface area (Å²) in [4.78, 5) is 13.6. The summed E-state index contributed by atoms with van der Waals surface area (Å²) in [5.41, 5.74) is 0.854. The van der Waals surface area contributed by atoms with Crippen LogP contribution >= 0.6 is 0 Å². The number of aliphatic hydroxyl groups excluding tert-OH is 2. The van der Waals surface area contributed by atoms with E-state index < -0.39 is 76.9 Å². The molecule has 0 aromatic heterocycles. The molecule has 1 aromatic carbocycles. The molecule has 1 amide bonds. The van der Waals surface area contributed by atoms with Crippen LogP contribution in [0.4, 0.5) is 0 Å². The Hall–Kier alpha value is -0.0300. The van der Waals surface area contributed by atoms with Gasteiger partial charge in [0.2, 0.25) is 26.7 Å². The van der Waals surface area contributed by atoms with E-state index in [0.29, 0.717) is 6.42 Å². The minimum Gasteiger partial charge on any atom is -0.726 e. The number of allylic oxidation sites excluding steroid dienone is 1. The van der Waals surface area contributed by atoms with Crippen molar-refractivity contribution in [2.75, 3.05) is 13.2 Å². The molecule has 66 heavy (non-hydrogen) atoms. The van der Waals surface area contributed by atoms with E-state index in [4.69, 9.17) is 14.2 Å². The van der Waals surface area contributed by atoms with Crippen LogP contribution in [-0.4, -0.2) is 98.1 Å². The molecule has 0 unspecified atom stereocenters. The number of amides is 1. The van der Waals surface area contributed by atoms with E-state index in [9.17, 15) is 40.9 Å². The number of aliphatic hydroxyl groups is 2. The Labute approximate surface area is 442 Å². The number of unbranched alkanes of at least 4 members (excludes halogenated alkanes) is 23. The number of hydrogen-bond acceptors (Lipinski definition) is 14. The van der Waals surface area contributed by atoms with Crippen LogP contribution in [0.2, 0.25) is 0 Å². The van der Waals surface area contributed by atoms with Gasteiger partial charge < -0.3 is 38.8 Å². The minimum atomic E-state index is -5.63. The average molecular weight is 994 g/mol. The molecule has 0 saturated carbocycles. The number of nitrogens with one attached hydrogen (secondary N) is 1. The van der Waals surface area contributed by atoms with Gasteiger partial charge in [0.25, 0.3) is 0 Å². The maximum absolute atomic E-state index is 13.6. The van der Waals surface area contributed by atoms with Crippen LogP contribution < -0.4 is 64.4 Å². The number of carbonyl (C=O) groups is 1. The van der Waals surface area contributed by atoms with Crippen molar-refractivity contribution in [2.24, 2.45) is 0 Å². The molecule has 1 aromatic rings. The van der Waals surface area contributed by atoms with Crippen molar-refractivity contribution < 1.29 is 123 Å². The topological polar surface area (TPSA) is 230 Å². The average Bonchev–Trinajstić information content (AvgIpc) is 3.25. The first-order chi connectivity index (χ1) is 30.8. The molecule has 1 saturated heterocycles. The van der Waals surface area contributed by atoms with Crippen molar-refractivity contribution in [1.82, 2.24) is 5.32 Å². The fraction of sp³-hybridized carbons (Fsp3) is 0.809. The predicted molar refractivity (Wildman–Crippen MR) is 244 cm³/mol. The van der Waals surface area contributed by atoms with Gasteiger partial charge in [-0.3, -0.25) is 13.2 Å². The van der Waals surface area contributed by atoms with Gasteiger partial charge in [0.05, 0.1) is 32.0 Å². The van der Waals surface area contributed by atoms with Crippen LogP contribution in [0.3, 0.4) is 0 Å². The molecule has 2 rings (SSSR count). The molecule has 1 heterocycles. The van der Waals surface area contributed by atoms with Gasteiger partial charge in [0.15, 0.2) is 12.4 Å². The molecule has 15 nitrogen and oxygen atoms in total. The molecule has 19 heteroatoms. The van der Waals surface area contributed by atoms with Crippen molar-refractivity contribution in [3.05, 3.63) is 48.0 Å². The van der Waals surface area contributed by atoms with E-state index in [2.05, 4.69) is 27.5 Å². The maximum Gasteiger partial charge on any atom is 1.00 e. The fourth-order valence-corrected chi connectivity index (χ4v) is 8.86. The molecule has 0 radical (unpaired) electrons. The Morgan fingerprint density at radius 3 is 1.64 bits per heavy atom. The number of carbonyl (C=O) groups excluding carboxylic acids is 1. The van der Waals surface area contributed by atoms with Gasteiger partial charge in [0.1, 0.15) is 18.3 Å². The Morgan fingerprint density at radius 2 is 1.17 bits per heavy atom. The first kappa shape index (κ1) is 66.0. The van der Waals surface area contributed by atoms with Crippen LogP contribution in [0.15, 0.2) is 42.5 Å². The van der Waals surface area contributed by atoms with Crippen LogP contribution in [0.5, 0.6) is 0 Å². The molecule has 7 atom stereocenters. The zero-order chi connectivity index (χ0) is 46.9. The number of hydrogen-bond donors (Lipinski definition) is 3. The van der Waals surface area contributed by atoms with Crippen molar-refractivity contribution in [2.45, 2.75) is 230 Å². The van der Waals surface area contributed by atoms with Gasteiger partial charge in [-0.05, 0) is 24.8 Å². The van der Waals surface area contributed by atoms with E-state index >= 15 is 0 Å². The third-order valence-corrected chi connectivity index (χ3v) is 12.4. The number of ether oxygens (including phenoxy) is 3. The zero-order valence-corrected chi connectivity index (χ0v) is 46.3. The molecular formula is C47H81NNa2O14S2. The standard InChI is InChI=1S/C47H83NO14S2.2Na/c1-3-5-7-9-11-13-15-17-19-21-23-25-30-34-41(58-37-39-32-28-27-29-33-39)40(48-43(50)35-31-26-24-22-20-18-16-14-12-10-8-6-4-2)38-59-47-46(62-64(55,56)57)45(61-63(52,53)54)44(51)42(36-49)60-47;;/h27-30,32-34,40-42,44-47,49,51H,3-26,31,35-38H2,1-2H3,(H,48,50)(H,52,53,54)(H,55,56,57);;/q;2*+1/p-2/b34-30+;;/t40-,41+,42-,44+,45-,46-,47+;;/m0../s1. The van der Waals surface area contributed by atoms with Crippen molar-refractivity contribution in [1.29, 1.82) is 0 Å². The molecule has 0 spiro atoms. The minimum absolute atomic E-state index is 0. The second-order valence-electron chi connectivity index (χ2n) is 17.2. The SMILES string of the molecule is CCCCCCCCCCCCC/C=C/[C@@H](OCc1ccccc1)[C@H](CO[C@@H]1O[C@@H](CO)[C@@H](O)[C@H](OS(=O)(=O)[O-])[C@@H]1OS(=O)(=O)[O-])NC(=O)CCCCCCCCCCCCCCC.[Na+].[Na+]. The van der Waals surface area contributed by atoms with Gasteiger partial charge in [0, 0.05) is 6.42 Å². The summed E-state index contributed by atoms with van der Waals surface area (Å²) < 4.78 is 97.2. The zero-order valence-electron chi connectivity index (χ0n) is 40.7. The molecule has 1 aliphatic heterocycles.